The van der Waals surface area contributed by atoms with Gasteiger partial charge < -0.3 is 9.84 Å². The highest BCUT2D eigenvalue weighted by molar-refractivity contribution is 5.92. The van der Waals surface area contributed by atoms with E-state index in [1.807, 2.05) is 0 Å². The largest absolute Gasteiger partial charge is 0.486 e. The highest BCUT2D eigenvalue weighted by Gasteiger charge is 2.29. The zero-order valence-electron chi connectivity index (χ0n) is 9.31. The molecule has 0 aromatic heterocycles. The average molecular weight is 279 g/mol. The molecule has 0 spiro atoms. The van der Waals surface area contributed by atoms with Gasteiger partial charge in [0.1, 0.15) is 5.56 Å². The zero-order chi connectivity index (χ0) is 14.6. The number of para-hydroxylation sites is 1. The molecule has 0 aliphatic carbocycles. The number of carbonyl (C=O) groups is 1. The van der Waals surface area contributed by atoms with Crippen LogP contribution in [0.5, 0.6) is 5.75 Å². The summed E-state index contributed by atoms with van der Waals surface area (Å²) < 4.78 is 40.5. The van der Waals surface area contributed by atoms with Crippen LogP contribution in [-0.2, 0) is 0 Å². The van der Waals surface area contributed by atoms with Crippen LogP contribution >= 0.6 is 0 Å². The number of aromatic carboxylic acids is 1. The van der Waals surface area contributed by atoms with Crippen LogP contribution in [0.25, 0.3) is 0 Å². The zero-order valence-corrected chi connectivity index (χ0v) is 9.31. The fourth-order valence-corrected chi connectivity index (χ4v) is 1.26. The van der Waals surface area contributed by atoms with Crippen LogP contribution < -0.4 is 4.74 Å². The molecule has 0 heterocycles. The van der Waals surface area contributed by atoms with Crippen LogP contribution in [-0.4, -0.2) is 28.8 Å². The Morgan fingerprint density at radius 1 is 1.42 bits per heavy atom. The molecule has 0 amide bonds. The van der Waals surface area contributed by atoms with E-state index in [4.69, 9.17) is 5.11 Å². The van der Waals surface area contributed by atoms with Crippen LogP contribution in [0.3, 0.4) is 0 Å². The molecule has 1 N–H and O–H groups in total. The Bertz CT molecular complexity index is 468. The number of nitro groups is 1. The van der Waals surface area contributed by atoms with Crippen molar-refractivity contribution in [1.29, 1.82) is 0 Å². The number of nitrogens with zero attached hydrogens (tertiary/aromatic N) is 1. The summed E-state index contributed by atoms with van der Waals surface area (Å²) in [5.74, 6) is -2.20. The van der Waals surface area contributed by atoms with Gasteiger partial charge in [-0.1, -0.05) is 6.07 Å². The summed E-state index contributed by atoms with van der Waals surface area (Å²) in [6, 6.07) is 3.08. The second kappa shape index (κ2) is 5.55. The SMILES string of the molecule is O=C(O)c1cccc([N+](=O)[O-])c1OCCC(F)(F)F. The van der Waals surface area contributed by atoms with Gasteiger partial charge in [0.25, 0.3) is 0 Å². The number of hydrogen-bond donors (Lipinski definition) is 1. The Hall–Kier alpha value is -2.32. The number of benzene rings is 1. The minimum atomic E-state index is -4.49. The molecule has 0 saturated carbocycles. The first kappa shape index (κ1) is 14.7. The molecular weight excluding hydrogens is 271 g/mol. The van der Waals surface area contributed by atoms with Gasteiger partial charge in [-0.15, -0.1) is 0 Å². The smallest absolute Gasteiger partial charge is 0.392 e. The first-order valence-electron chi connectivity index (χ1n) is 4.92. The van der Waals surface area contributed by atoms with E-state index in [0.29, 0.717) is 0 Å². The summed E-state index contributed by atoms with van der Waals surface area (Å²) >= 11 is 0. The molecule has 0 saturated heterocycles. The molecule has 1 aromatic rings. The topological polar surface area (TPSA) is 89.7 Å². The maximum atomic E-state index is 11.9. The molecule has 104 valence electrons. The third kappa shape index (κ3) is 4.12. The van der Waals surface area contributed by atoms with Crippen molar-refractivity contribution in [3.05, 3.63) is 33.9 Å². The third-order valence-electron chi connectivity index (χ3n) is 2.05. The van der Waals surface area contributed by atoms with Gasteiger partial charge in [0, 0.05) is 6.07 Å². The van der Waals surface area contributed by atoms with Crippen LogP contribution in [0.4, 0.5) is 18.9 Å². The first-order chi connectivity index (χ1) is 8.72. The highest BCUT2D eigenvalue weighted by atomic mass is 19.4. The number of halogens is 3. The fraction of sp³-hybridized carbons (Fsp3) is 0.300. The normalized spacial score (nSPS) is 11.1. The number of carboxylic acids is 1. The summed E-state index contributed by atoms with van der Waals surface area (Å²) in [6.45, 7) is -0.894. The summed E-state index contributed by atoms with van der Waals surface area (Å²) in [4.78, 5) is 20.6. The lowest BCUT2D eigenvalue weighted by atomic mass is 10.1. The van der Waals surface area contributed by atoms with Crippen molar-refractivity contribution < 1.29 is 32.7 Å². The van der Waals surface area contributed by atoms with E-state index in [2.05, 4.69) is 4.74 Å². The number of hydrogen-bond acceptors (Lipinski definition) is 4. The molecule has 6 nitrogen and oxygen atoms in total. The molecule has 9 heteroatoms. The van der Waals surface area contributed by atoms with Crippen molar-refractivity contribution in [2.75, 3.05) is 6.61 Å². The molecule has 0 aliphatic heterocycles. The minimum absolute atomic E-state index is 0.559. The number of carboxylic acid groups (broad SMARTS) is 1. The van der Waals surface area contributed by atoms with E-state index in [1.165, 1.54) is 0 Å². The lowest BCUT2D eigenvalue weighted by molar-refractivity contribution is -0.386. The quantitative estimate of drug-likeness (QED) is 0.661. The van der Waals surface area contributed by atoms with Crippen molar-refractivity contribution in [2.45, 2.75) is 12.6 Å². The molecule has 0 fully saturated rings. The summed E-state index contributed by atoms with van der Waals surface area (Å²) in [7, 11) is 0. The molecule has 1 rings (SSSR count). The lowest BCUT2D eigenvalue weighted by Gasteiger charge is -2.10. The molecule has 0 atom stereocenters. The van der Waals surface area contributed by atoms with Crippen molar-refractivity contribution in [3.63, 3.8) is 0 Å². The van der Waals surface area contributed by atoms with Crippen molar-refractivity contribution in [2.24, 2.45) is 0 Å². The maximum absolute atomic E-state index is 11.9. The molecule has 0 bridgehead atoms. The van der Waals surface area contributed by atoms with Gasteiger partial charge in [-0.25, -0.2) is 4.79 Å². The van der Waals surface area contributed by atoms with E-state index < -0.39 is 47.1 Å². The van der Waals surface area contributed by atoms with E-state index in [1.54, 1.807) is 0 Å². The van der Waals surface area contributed by atoms with Crippen molar-refractivity contribution in [1.82, 2.24) is 0 Å². The Labute approximate surface area is 104 Å². The van der Waals surface area contributed by atoms with E-state index in [9.17, 15) is 28.1 Å². The lowest BCUT2D eigenvalue weighted by Crippen LogP contribution is -2.14. The van der Waals surface area contributed by atoms with Crippen molar-refractivity contribution in [3.8, 4) is 5.75 Å². The molecular formula is C10H8F3NO5. The predicted octanol–water partition coefficient (Wildman–Crippen LogP) is 2.62. The van der Waals surface area contributed by atoms with E-state index in [-0.39, 0.29) is 0 Å². The monoisotopic (exact) mass is 279 g/mol. The predicted molar refractivity (Wildman–Crippen MR) is 56.2 cm³/mol. The van der Waals surface area contributed by atoms with Gasteiger partial charge in [0.15, 0.2) is 0 Å². The Morgan fingerprint density at radius 3 is 2.53 bits per heavy atom. The second-order valence-electron chi connectivity index (χ2n) is 3.43. The third-order valence-corrected chi connectivity index (χ3v) is 2.05. The van der Waals surface area contributed by atoms with Gasteiger partial charge in [0.2, 0.25) is 5.75 Å². The fourth-order valence-electron chi connectivity index (χ4n) is 1.26. The molecule has 0 radical (unpaired) electrons. The molecule has 1 aromatic carbocycles. The van der Waals surface area contributed by atoms with Gasteiger partial charge in [-0.05, 0) is 6.07 Å². The molecule has 19 heavy (non-hydrogen) atoms. The van der Waals surface area contributed by atoms with Crippen LogP contribution in [0.1, 0.15) is 16.8 Å². The maximum Gasteiger partial charge on any atom is 0.392 e. The van der Waals surface area contributed by atoms with Crippen molar-refractivity contribution >= 4 is 11.7 Å². The Kier molecular flexibility index (Phi) is 4.30. The van der Waals surface area contributed by atoms with Gasteiger partial charge in [-0.3, -0.25) is 10.1 Å². The van der Waals surface area contributed by atoms with Gasteiger partial charge >= 0.3 is 17.8 Å². The van der Waals surface area contributed by atoms with E-state index in [0.717, 1.165) is 18.2 Å². The van der Waals surface area contributed by atoms with E-state index >= 15 is 0 Å². The van der Waals surface area contributed by atoms with Gasteiger partial charge in [-0.2, -0.15) is 13.2 Å². The van der Waals surface area contributed by atoms with Crippen LogP contribution in [0.15, 0.2) is 18.2 Å². The molecule has 0 unspecified atom stereocenters. The molecule has 0 aliphatic rings. The summed E-state index contributed by atoms with van der Waals surface area (Å²) in [5, 5.41) is 19.5. The number of nitro benzene ring substituents is 1. The summed E-state index contributed by atoms with van der Waals surface area (Å²) in [5.41, 5.74) is -1.25. The Balaban J connectivity index is 3.02. The number of alkyl halides is 3. The average Bonchev–Trinajstić information content (AvgIpc) is 2.26. The second-order valence-corrected chi connectivity index (χ2v) is 3.43. The number of rotatable bonds is 5. The van der Waals surface area contributed by atoms with Crippen LogP contribution in [0.2, 0.25) is 0 Å². The minimum Gasteiger partial charge on any atom is -0.486 e. The first-order valence-corrected chi connectivity index (χ1v) is 4.92. The highest BCUT2D eigenvalue weighted by Crippen LogP contribution is 2.31. The van der Waals surface area contributed by atoms with Gasteiger partial charge in [0.05, 0.1) is 18.0 Å². The van der Waals surface area contributed by atoms with Crippen LogP contribution in [0, 0.1) is 10.1 Å². The number of ether oxygens (including phenoxy) is 1. The standard InChI is InChI=1S/C10H8F3NO5/c11-10(12,13)4-5-19-8-6(9(15)16)2-1-3-7(8)14(17)18/h1-3H,4-5H2,(H,15,16). The summed E-state index contributed by atoms with van der Waals surface area (Å²) in [6.07, 6.45) is -5.83. The Morgan fingerprint density at radius 2 is 2.05 bits per heavy atom.